The highest BCUT2D eigenvalue weighted by Gasteiger charge is 2.46. The molecule has 2 fully saturated rings. The number of aliphatic hydroxyl groups excluding tert-OH is 1. The van der Waals surface area contributed by atoms with Gasteiger partial charge in [0, 0.05) is 18.7 Å². The number of nitrogens with zero attached hydrogens (tertiary/aromatic N) is 3. The molecule has 1 saturated carbocycles. The fraction of sp³-hybridized carbons (Fsp3) is 0.741. The van der Waals surface area contributed by atoms with E-state index in [1.54, 1.807) is 20.8 Å². The van der Waals surface area contributed by atoms with E-state index < -0.39 is 42.0 Å². The summed E-state index contributed by atoms with van der Waals surface area (Å²) in [6, 6.07) is -0.946. The number of amides is 1. The van der Waals surface area contributed by atoms with Gasteiger partial charge in [0.15, 0.2) is 0 Å². The number of aliphatic hydroxyl groups is 1. The first-order valence-electron chi connectivity index (χ1n) is 13.5. The van der Waals surface area contributed by atoms with E-state index in [-0.39, 0.29) is 36.9 Å². The van der Waals surface area contributed by atoms with Gasteiger partial charge < -0.3 is 19.1 Å². The van der Waals surface area contributed by atoms with Crippen LogP contribution >= 0.6 is 0 Å². The van der Waals surface area contributed by atoms with E-state index in [4.69, 9.17) is 14.0 Å². The average molecular weight is 542 g/mol. The Morgan fingerprint density at radius 3 is 2.61 bits per heavy atom. The number of hydrogen-bond donors (Lipinski definition) is 1. The van der Waals surface area contributed by atoms with E-state index in [9.17, 15) is 23.1 Å². The lowest BCUT2D eigenvalue weighted by Gasteiger charge is -2.28. The van der Waals surface area contributed by atoms with Crippen molar-refractivity contribution in [2.75, 3.05) is 13.2 Å². The van der Waals surface area contributed by atoms with Crippen molar-refractivity contribution in [3.8, 4) is 0 Å². The number of likely N-dealkylation sites (tertiary alicyclic amines) is 1. The Labute approximate surface area is 221 Å². The summed E-state index contributed by atoms with van der Waals surface area (Å²) in [5.74, 6) is -1.31. The zero-order chi connectivity index (χ0) is 27.5. The van der Waals surface area contributed by atoms with Gasteiger partial charge in [0.2, 0.25) is 5.82 Å². The van der Waals surface area contributed by atoms with Gasteiger partial charge in [0.05, 0.1) is 12.2 Å². The highest BCUT2D eigenvalue weighted by molar-refractivity contribution is 5.71. The van der Waals surface area contributed by atoms with E-state index in [1.165, 1.54) is 49.2 Å². The number of rotatable bonds is 7. The molecular formula is C27H38F3N3O5. The fourth-order valence-corrected chi connectivity index (χ4v) is 5.39. The minimum Gasteiger partial charge on any atom is -0.444 e. The van der Waals surface area contributed by atoms with Crippen molar-refractivity contribution in [2.24, 2.45) is 11.8 Å². The molecule has 38 heavy (non-hydrogen) atoms. The van der Waals surface area contributed by atoms with Crippen molar-refractivity contribution >= 4 is 11.7 Å². The van der Waals surface area contributed by atoms with Crippen LogP contribution in [0.2, 0.25) is 0 Å². The van der Waals surface area contributed by atoms with Gasteiger partial charge in [-0.05, 0) is 46.0 Å². The molecule has 1 saturated heterocycles. The van der Waals surface area contributed by atoms with E-state index in [0.29, 0.717) is 5.92 Å². The van der Waals surface area contributed by atoms with Crippen molar-refractivity contribution in [3.63, 3.8) is 0 Å². The third kappa shape index (κ3) is 7.16. The Bertz CT molecular complexity index is 1010. The number of halogens is 3. The van der Waals surface area contributed by atoms with Crippen LogP contribution in [0, 0.1) is 11.8 Å². The summed E-state index contributed by atoms with van der Waals surface area (Å²) in [6.07, 6.45) is 4.80. The maximum Gasteiger partial charge on any atom is 0.411 e. The van der Waals surface area contributed by atoms with Crippen LogP contribution in [-0.2, 0) is 9.47 Å². The Kier molecular flexibility index (Phi) is 8.86. The highest BCUT2D eigenvalue weighted by atomic mass is 19.4. The Balaban J connectivity index is 1.42. The van der Waals surface area contributed by atoms with Gasteiger partial charge in [0.1, 0.15) is 17.6 Å². The highest BCUT2D eigenvalue weighted by Crippen LogP contribution is 2.38. The molecule has 0 spiro atoms. The maximum atomic E-state index is 13.9. The molecule has 11 heteroatoms. The van der Waals surface area contributed by atoms with E-state index in [0.717, 1.165) is 18.9 Å². The lowest BCUT2D eigenvalue weighted by Crippen LogP contribution is -2.38. The molecule has 0 aromatic carbocycles. The molecule has 2 heterocycles. The zero-order valence-corrected chi connectivity index (χ0v) is 22.2. The lowest BCUT2D eigenvalue weighted by atomic mass is 9.86. The second-order valence-corrected chi connectivity index (χ2v) is 11.5. The second-order valence-electron chi connectivity index (χ2n) is 11.5. The number of aromatic nitrogens is 2. The molecule has 1 N–H and O–H groups in total. The summed E-state index contributed by atoms with van der Waals surface area (Å²) >= 11 is 0. The quantitative estimate of drug-likeness (QED) is 0.424. The maximum absolute atomic E-state index is 13.9. The van der Waals surface area contributed by atoms with Gasteiger partial charge >= 0.3 is 12.3 Å². The van der Waals surface area contributed by atoms with Gasteiger partial charge in [-0.3, -0.25) is 4.90 Å². The normalized spacial score (nSPS) is 27.0. The molecule has 0 radical (unpaired) electrons. The molecule has 1 aromatic heterocycles. The number of hydrogen-bond acceptors (Lipinski definition) is 7. The van der Waals surface area contributed by atoms with Crippen molar-refractivity contribution in [1.82, 2.24) is 15.0 Å². The molecule has 4 rings (SSSR count). The van der Waals surface area contributed by atoms with Gasteiger partial charge in [-0.25, -0.2) is 4.79 Å². The molecule has 4 atom stereocenters. The summed E-state index contributed by atoms with van der Waals surface area (Å²) in [7, 11) is 0. The van der Waals surface area contributed by atoms with Gasteiger partial charge in [-0.15, -0.1) is 0 Å². The first-order valence-corrected chi connectivity index (χ1v) is 13.5. The predicted molar refractivity (Wildman–Crippen MR) is 133 cm³/mol. The smallest absolute Gasteiger partial charge is 0.411 e. The van der Waals surface area contributed by atoms with Crippen LogP contribution < -0.4 is 0 Å². The third-order valence-electron chi connectivity index (χ3n) is 7.30. The monoisotopic (exact) mass is 541 g/mol. The first kappa shape index (κ1) is 28.6. The summed E-state index contributed by atoms with van der Waals surface area (Å²) in [5.41, 5.74) is -0.603. The first-order chi connectivity index (χ1) is 17.9. The number of carbonyl (C=O) groups excluding carboxylic acids is 1. The number of alkyl halides is 3. The number of ether oxygens (including phenoxy) is 2. The molecule has 1 aromatic rings. The van der Waals surface area contributed by atoms with E-state index in [1.807, 2.05) is 0 Å². The van der Waals surface area contributed by atoms with E-state index >= 15 is 0 Å². The zero-order valence-electron chi connectivity index (χ0n) is 22.2. The Morgan fingerprint density at radius 2 is 1.92 bits per heavy atom. The molecule has 2 aliphatic carbocycles. The molecule has 212 valence electrons. The predicted octanol–water partition coefficient (Wildman–Crippen LogP) is 5.99. The second kappa shape index (κ2) is 11.8. The minimum atomic E-state index is -4.52. The van der Waals surface area contributed by atoms with Crippen molar-refractivity contribution in [3.05, 3.63) is 29.9 Å². The van der Waals surface area contributed by atoms with Gasteiger partial charge in [-0.1, -0.05) is 55.5 Å². The van der Waals surface area contributed by atoms with Crippen molar-refractivity contribution in [1.29, 1.82) is 0 Å². The summed E-state index contributed by atoms with van der Waals surface area (Å²) in [6.45, 7) is 5.67. The largest absolute Gasteiger partial charge is 0.444 e. The van der Waals surface area contributed by atoms with Crippen LogP contribution in [0.3, 0.4) is 0 Å². The third-order valence-corrected chi connectivity index (χ3v) is 7.30. The standard InChI is InChI=1S/C27H38F3N3O5/c1-26(2,3)37-25(35)33-14-13-20(34)22(33)24-31-23(32-38-24)18-11-12-21(19(16-18)27(28,29)30)36-15-7-10-17-8-5-4-6-9-17/h11-12,16-17,19-22,34H,4-10,13-15H2,1-3H3/t19?,20-,21?,22-/m0/s1. The van der Waals surface area contributed by atoms with Crippen LogP contribution in [0.4, 0.5) is 18.0 Å². The fourth-order valence-electron chi connectivity index (χ4n) is 5.39. The molecule has 8 nitrogen and oxygen atoms in total. The summed E-state index contributed by atoms with van der Waals surface area (Å²) in [5, 5.41) is 14.3. The lowest BCUT2D eigenvalue weighted by molar-refractivity contribution is -0.185. The van der Waals surface area contributed by atoms with Gasteiger partial charge in [0.25, 0.3) is 5.89 Å². The van der Waals surface area contributed by atoms with E-state index in [2.05, 4.69) is 10.1 Å². The molecule has 0 bridgehead atoms. The van der Waals surface area contributed by atoms with Crippen LogP contribution in [0.15, 0.2) is 22.8 Å². The number of carbonyl (C=O) groups is 1. The van der Waals surface area contributed by atoms with Crippen LogP contribution in [0.1, 0.15) is 89.9 Å². The molecular weight excluding hydrogens is 503 g/mol. The molecule has 1 amide bonds. The minimum absolute atomic E-state index is 0.0514. The summed E-state index contributed by atoms with van der Waals surface area (Å²) < 4.78 is 58.2. The average Bonchev–Trinajstić information content (AvgIpc) is 3.47. The van der Waals surface area contributed by atoms with Crippen LogP contribution in [-0.4, -0.2) is 63.4 Å². The number of allylic oxidation sites excluding steroid dienone is 2. The molecule has 1 aliphatic heterocycles. The molecule has 3 aliphatic rings. The van der Waals surface area contributed by atoms with Crippen molar-refractivity contribution < 1.29 is 37.1 Å². The Morgan fingerprint density at radius 1 is 1.18 bits per heavy atom. The Hall–Kier alpha value is -2.40. The van der Waals surface area contributed by atoms with Crippen LogP contribution in [0.25, 0.3) is 5.57 Å². The SMILES string of the molecule is CC(C)(C)OC(=O)N1CC[C@H](O)[C@H]1c1nc(C2=CC(C(F)(F)F)C(OCCCC3CCCCC3)C=C2)no1. The summed E-state index contributed by atoms with van der Waals surface area (Å²) in [4.78, 5) is 18.2. The van der Waals surface area contributed by atoms with Gasteiger partial charge in [-0.2, -0.15) is 18.2 Å². The van der Waals surface area contributed by atoms with Crippen LogP contribution in [0.5, 0.6) is 0 Å². The topological polar surface area (TPSA) is 97.9 Å². The van der Waals surface area contributed by atoms with Crippen molar-refractivity contribution in [2.45, 2.75) is 102 Å². The molecule has 2 unspecified atom stereocenters.